The zero-order valence-corrected chi connectivity index (χ0v) is 9.27. The number of hydrogen-bond donors (Lipinski definition) is 0. The standard InChI is InChI=1S/C9H21O2P/c1-3-5-6-7-8-11-12(10)9-4-2/h12H,3-9H2,1-2H3. The lowest BCUT2D eigenvalue weighted by molar-refractivity contribution is 0.316. The van der Waals surface area contributed by atoms with Crippen LogP contribution in [0, 0.1) is 0 Å². The highest BCUT2D eigenvalue weighted by atomic mass is 31.1. The number of hydrogen-bond acceptors (Lipinski definition) is 2. The molecular formula is C9H21O2P. The third-order valence-electron chi connectivity index (χ3n) is 1.72. The monoisotopic (exact) mass is 192 g/mol. The molecule has 0 aromatic heterocycles. The van der Waals surface area contributed by atoms with E-state index < -0.39 is 8.03 Å². The SMILES string of the molecule is CCCCCCO[PH](=O)CCC. The lowest BCUT2D eigenvalue weighted by Gasteiger charge is -2.02. The molecule has 0 saturated heterocycles. The second-order valence-electron chi connectivity index (χ2n) is 3.03. The van der Waals surface area contributed by atoms with Crippen LogP contribution >= 0.6 is 8.03 Å². The Labute approximate surface area is 76.6 Å². The van der Waals surface area contributed by atoms with Crippen LogP contribution in [0.15, 0.2) is 0 Å². The molecule has 2 nitrogen and oxygen atoms in total. The first-order chi connectivity index (χ1) is 5.81. The molecule has 12 heavy (non-hydrogen) atoms. The topological polar surface area (TPSA) is 26.3 Å². The summed E-state index contributed by atoms with van der Waals surface area (Å²) in [6.07, 6.45) is 6.49. The molecule has 0 heterocycles. The molecule has 0 radical (unpaired) electrons. The first kappa shape index (κ1) is 12.2. The maximum Gasteiger partial charge on any atom is 0.191 e. The van der Waals surface area contributed by atoms with Crippen LogP contribution in [0.3, 0.4) is 0 Å². The second kappa shape index (κ2) is 9.28. The van der Waals surface area contributed by atoms with Gasteiger partial charge in [0.1, 0.15) is 0 Å². The normalized spacial score (nSPS) is 13.2. The molecule has 0 N–H and O–H groups in total. The summed E-state index contributed by atoms with van der Waals surface area (Å²) in [4.78, 5) is 0. The second-order valence-corrected chi connectivity index (χ2v) is 4.56. The molecule has 0 spiro atoms. The van der Waals surface area contributed by atoms with Crippen LogP contribution in [0.25, 0.3) is 0 Å². The predicted octanol–water partition coefficient (Wildman–Crippen LogP) is 3.47. The highest BCUT2D eigenvalue weighted by Gasteiger charge is 1.96. The summed E-state index contributed by atoms with van der Waals surface area (Å²) >= 11 is 0. The average Bonchev–Trinajstić information content (AvgIpc) is 2.05. The maximum absolute atomic E-state index is 11.0. The highest BCUT2D eigenvalue weighted by Crippen LogP contribution is 2.23. The summed E-state index contributed by atoms with van der Waals surface area (Å²) < 4.78 is 16.2. The third-order valence-corrected chi connectivity index (χ3v) is 3.15. The lowest BCUT2D eigenvalue weighted by Crippen LogP contribution is -1.88. The average molecular weight is 192 g/mol. The van der Waals surface area contributed by atoms with Crippen LogP contribution in [-0.4, -0.2) is 12.8 Å². The van der Waals surface area contributed by atoms with Crippen molar-refractivity contribution in [2.45, 2.75) is 46.0 Å². The first-order valence-corrected chi connectivity index (χ1v) is 6.49. The van der Waals surface area contributed by atoms with Gasteiger partial charge in [-0.3, -0.25) is 4.57 Å². The third kappa shape index (κ3) is 8.29. The van der Waals surface area contributed by atoms with E-state index in [0.29, 0.717) is 6.61 Å². The van der Waals surface area contributed by atoms with Gasteiger partial charge in [0.2, 0.25) is 0 Å². The van der Waals surface area contributed by atoms with Gasteiger partial charge in [0, 0.05) is 6.16 Å². The van der Waals surface area contributed by atoms with E-state index in [0.717, 1.165) is 19.0 Å². The minimum atomic E-state index is -1.68. The fourth-order valence-corrected chi connectivity index (χ4v) is 1.92. The molecule has 0 fully saturated rings. The maximum atomic E-state index is 11.0. The highest BCUT2D eigenvalue weighted by molar-refractivity contribution is 7.39. The van der Waals surface area contributed by atoms with Crippen molar-refractivity contribution in [3.63, 3.8) is 0 Å². The van der Waals surface area contributed by atoms with Crippen LogP contribution in [0.5, 0.6) is 0 Å². The Morgan fingerprint density at radius 1 is 1.08 bits per heavy atom. The quantitative estimate of drug-likeness (QED) is 0.435. The Balaban J connectivity index is 3.03. The molecule has 0 rings (SSSR count). The number of rotatable bonds is 8. The molecule has 0 aliphatic heterocycles. The fourth-order valence-electron chi connectivity index (χ4n) is 0.991. The molecule has 0 amide bonds. The zero-order valence-electron chi connectivity index (χ0n) is 8.27. The van der Waals surface area contributed by atoms with Crippen LogP contribution < -0.4 is 0 Å². The van der Waals surface area contributed by atoms with Gasteiger partial charge >= 0.3 is 0 Å². The van der Waals surface area contributed by atoms with E-state index in [9.17, 15) is 4.57 Å². The molecular weight excluding hydrogens is 171 g/mol. The molecule has 1 atom stereocenters. The zero-order chi connectivity index (χ0) is 9.23. The van der Waals surface area contributed by atoms with E-state index >= 15 is 0 Å². The van der Waals surface area contributed by atoms with Gasteiger partial charge in [0.05, 0.1) is 6.61 Å². The number of unbranched alkanes of at least 4 members (excludes halogenated alkanes) is 3. The molecule has 74 valence electrons. The van der Waals surface area contributed by atoms with Crippen molar-refractivity contribution in [3.8, 4) is 0 Å². The minimum absolute atomic E-state index is 0.692. The van der Waals surface area contributed by atoms with Crippen molar-refractivity contribution in [1.82, 2.24) is 0 Å². The van der Waals surface area contributed by atoms with Gasteiger partial charge in [-0.05, 0) is 12.8 Å². The van der Waals surface area contributed by atoms with Crippen molar-refractivity contribution in [3.05, 3.63) is 0 Å². The van der Waals surface area contributed by atoms with Crippen molar-refractivity contribution < 1.29 is 9.09 Å². The molecule has 0 aromatic rings. The molecule has 3 heteroatoms. The molecule has 0 aliphatic carbocycles. The predicted molar refractivity (Wildman–Crippen MR) is 54.3 cm³/mol. The molecule has 1 unspecified atom stereocenters. The molecule has 0 bridgehead atoms. The molecule has 0 saturated carbocycles. The van der Waals surface area contributed by atoms with Gasteiger partial charge in [0.25, 0.3) is 0 Å². The van der Waals surface area contributed by atoms with E-state index in [-0.39, 0.29) is 0 Å². The van der Waals surface area contributed by atoms with Gasteiger partial charge in [0.15, 0.2) is 8.03 Å². The summed E-state index contributed by atoms with van der Waals surface area (Å²) in [5, 5.41) is 0. The van der Waals surface area contributed by atoms with E-state index in [2.05, 4.69) is 6.92 Å². The summed E-state index contributed by atoms with van der Waals surface area (Å²) in [7, 11) is -1.68. The summed E-state index contributed by atoms with van der Waals surface area (Å²) in [5.41, 5.74) is 0. The van der Waals surface area contributed by atoms with E-state index in [1.807, 2.05) is 6.92 Å². The van der Waals surface area contributed by atoms with E-state index in [1.54, 1.807) is 0 Å². The van der Waals surface area contributed by atoms with E-state index in [1.165, 1.54) is 19.3 Å². The van der Waals surface area contributed by atoms with Gasteiger partial charge in [-0.1, -0.05) is 33.1 Å². The largest absolute Gasteiger partial charge is 0.330 e. The summed E-state index contributed by atoms with van der Waals surface area (Å²) in [6, 6.07) is 0. The van der Waals surface area contributed by atoms with Gasteiger partial charge in [-0.2, -0.15) is 0 Å². The molecule has 0 aromatic carbocycles. The fraction of sp³-hybridized carbons (Fsp3) is 1.00. The first-order valence-electron chi connectivity index (χ1n) is 4.96. The van der Waals surface area contributed by atoms with Crippen molar-refractivity contribution >= 4 is 8.03 Å². The minimum Gasteiger partial charge on any atom is -0.330 e. The van der Waals surface area contributed by atoms with Crippen molar-refractivity contribution in [2.75, 3.05) is 12.8 Å². The Morgan fingerprint density at radius 2 is 1.83 bits per heavy atom. The Bertz CT molecular complexity index is 115. The summed E-state index contributed by atoms with van der Waals surface area (Å²) in [5.74, 6) is 0. The summed E-state index contributed by atoms with van der Waals surface area (Å²) in [6.45, 7) is 4.90. The van der Waals surface area contributed by atoms with Gasteiger partial charge < -0.3 is 4.52 Å². The van der Waals surface area contributed by atoms with Gasteiger partial charge in [-0.25, -0.2) is 0 Å². The smallest absolute Gasteiger partial charge is 0.191 e. The van der Waals surface area contributed by atoms with E-state index in [4.69, 9.17) is 4.52 Å². The Kier molecular flexibility index (Phi) is 9.43. The molecule has 0 aliphatic rings. The van der Waals surface area contributed by atoms with Crippen LogP contribution in [0.2, 0.25) is 0 Å². The van der Waals surface area contributed by atoms with Crippen LogP contribution in [0.4, 0.5) is 0 Å². The van der Waals surface area contributed by atoms with Crippen molar-refractivity contribution in [1.29, 1.82) is 0 Å². The van der Waals surface area contributed by atoms with Crippen LogP contribution in [-0.2, 0) is 9.09 Å². The van der Waals surface area contributed by atoms with Crippen molar-refractivity contribution in [2.24, 2.45) is 0 Å². The van der Waals surface area contributed by atoms with Gasteiger partial charge in [-0.15, -0.1) is 0 Å². The van der Waals surface area contributed by atoms with Crippen LogP contribution in [0.1, 0.15) is 46.0 Å². The lowest BCUT2D eigenvalue weighted by atomic mass is 10.2. The Morgan fingerprint density at radius 3 is 2.42 bits per heavy atom. The Hall–Kier alpha value is 0.190.